The van der Waals surface area contributed by atoms with Crippen molar-refractivity contribution in [1.29, 1.82) is 0 Å². The molecule has 0 spiro atoms. The number of rotatable bonds is 7. The lowest BCUT2D eigenvalue weighted by Gasteiger charge is -2.23. The lowest BCUT2D eigenvalue weighted by Crippen LogP contribution is -2.49. The number of aromatic nitrogens is 2. The molecule has 0 aliphatic rings. The zero-order valence-corrected chi connectivity index (χ0v) is 17.2. The van der Waals surface area contributed by atoms with Crippen LogP contribution in [0.3, 0.4) is 0 Å². The van der Waals surface area contributed by atoms with Crippen LogP contribution in [0.15, 0.2) is 30.5 Å². The van der Waals surface area contributed by atoms with Crippen molar-refractivity contribution in [2.45, 2.75) is 51.8 Å². The van der Waals surface area contributed by atoms with Crippen LogP contribution < -0.4 is 10.6 Å². The van der Waals surface area contributed by atoms with Gasteiger partial charge in [-0.25, -0.2) is 14.2 Å². The number of imidazole rings is 1. The number of halogens is 1. The average Bonchev–Trinajstić information content (AvgIpc) is 3.09. The van der Waals surface area contributed by atoms with E-state index in [1.807, 2.05) is 0 Å². The fourth-order valence-corrected chi connectivity index (χ4v) is 2.59. The van der Waals surface area contributed by atoms with E-state index in [0.29, 0.717) is 17.1 Å². The molecule has 2 rings (SSSR count). The molecular weight excluding hydrogens is 395 g/mol. The number of nitrogens with one attached hydrogen (secondary N) is 3. The van der Waals surface area contributed by atoms with Crippen molar-refractivity contribution in [3.63, 3.8) is 0 Å². The maximum atomic E-state index is 13.9. The summed E-state index contributed by atoms with van der Waals surface area (Å²) in [5.41, 5.74) is -0.0536. The van der Waals surface area contributed by atoms with Crippen LogP contribution in [-0.2, 0) is 14.3 Å². The number of aliphatic carboxylic acids is 1. The summed E-state index contributed by atoms with van der Waals surface area (Å²) in [6.45, 7) is 6.55. The monoisotopic (exact) mass is 420 g/mol. The van der Waals surface area contributed by atoms with Gasteiger partial charge in [-0.15, -0.1) is 0 Å². The molecule has 162 valence electrons. The number of amides is 2. The third kappa shape index (κ3) is 6.57. The Morgan fingerprint density at radius 3 is 2.50 bits per heavy atom. The molecule has 1 aromatic carbocycles. The molecule has 0 aliphatic heterocycles. The molecule has 2 aromatic rings. The molecule has 1 aromatic heterocycles. The Bertz CT molecular complexity index is 922. The van der Waals surface area contributed by atoms with E-state index in [-0.39, 0.29) is 0 Å². The molecule has 1 heterocycles. The van der Waals surface area contributed by atoms with E-state index in [9.17, 15) is 18.8 Å². The van der Waals surface area contributed by atoms with Crippen molar-refractivity contribution >= 4 is 18.0 Å². The molecule has 0 saturated carbocycles. The van der Waals surface area contributed by atoms with Crippen LogP contribution >= 0.6 is 0 Å². The van der Waals surface area contributed by atoms with Crippen LogP contribution in [0.2, 0.25) is 0 Å². The van der Waals surface area contributed by atoms with Gasteiger partial charge in [-0.05, 0) is 39.8 Å². The van der Waals surface area contributed by atoms with E-state index in [2.05, 4.69) is 20.6 Å². The molecular formula is C20H25FN4O5. The van der Waals surface area contributed by atoms with E-state index < -0.39 is 47.9 Å². The first-order chi connectivity index (χ1) is 14.0. The number of hydrogen-bond donors (Lipinski definition) is 4. The van der Waals surface area contributed by atoms with Crippen LogP contribution in [0.4, 0.5) is 9.18 Å². The first kappa shape index (κ1) is 22.9. The molecule has 4 N–H and O–H groups in total. The second-order valence-electron chi connectivity index (χ2n) is 7.69. The number of carbonyl (C=O) groups is 3. The molecule has 30 heavy (non-hydrogen) atoms. The zero-order chi connectivity index (χ0) is 22.5. The van der Waals surface area contributed by atoms with Gasteiger partial charge in [-0.1, -0.05) is 12.1 Å². The van der Waals surface area contributed by atoms with E-state index in [4.69, 9.17) is 9.84 Å². The van der Waals surface area contributed by atoms with Gasteiger partial charge in [0, 0.05) is 5.56 Å². The van der Waals surface area contributed by atoms with Crippen LogP contribution in [0, 0.1) is 5.82 Å². The largest absolute Gasteiger partial charge is 0.481 e. The zero-order valence-electron chi connectivity index (χ0n) is 17.2. The van der Waals surface area contributed by atoms with Gasteiger partial charge in [-0.2, -0.15) is 0 Å². The number of carboxylic acid groups (broad SMARTS) is 1. The number of aromatic amines is 1. The minimum atomic E-state index is -1.35. The molecule has 2 amide bonds. The van der Waals surface area contributed by atoms with Crippen molar-refractivity contribution in [2.24, 2.45) is 0 Å². The summed E-state index contributed by atoms with van der Waals surface area (Å²) in [5, 5.41) is 13.9. The van der Waals surface area contributed by atoms with Crippen LogP contribution in [-0.4, -0.2) is 44.7 Å². The van der Waals surface area contributed by atoms with Crippen LogP contribution in [0.5, 0.6) is 0 Å². The first-order valence-electron chi connectivity index (χ1n) is 9.27. The van der Waals surface area contributed by atoms with Gasteiger partial charge >= 0.3 is 12.1 Å². The predicted octanol–water partition coefficient (Wildman–Crippen LogP) is 2.76. The van der Waals surface area contributed by atoms with Crippen molar-refractivity contribution in [3.8, 4) is 11.3 Å². The quantitative estimate of drug-likeness (QED) is 0.544. The summed E-state index contributed by atoms with van der Waals surface area (Å²) in [5.74, 6) is -2.07. The molecule has 0 saturated heterocycles. The molecule has 0 radical (unpaired) electrons. The van der Waals surface area contributed by atoms with Crippen molar-refractivity contribution < 1.29 is 28.6 Å². The van der Waals surface area contributed by atoms with Gasteiger partial charge in [0.25, 0.3) is 0 Å². The Kier molecular flexibility index (Phi) is 7.14. The second-order valence-corrected chi connectivity index (χ2v) is 7.69. The van der Waals surface area contributed by atoms with Gasteiger partial charge in [0.1, 0.15) is 23.3 Å². The Balaban J connectivity index is 2.08. The van der Waals surface area contributed by atoms with Gasteiger partial charge in [0.2, 0.25) is 5.91 Å². The molecule has 2 unspecified atom stereocenters. The Morgan fingerprint density at radius 1 is 1.23 bits per heavy atom. The highest BCUT2D eigenvalue weighted by atomic mass is 19.1. The van der Waals surface area contributed by atoms with Gasteiger partial charge < -0.3 is 25.5 Å². The highest BCUT2D eigenvalue weighted by Crippen LogP contribution is 2.22. The van der Waals surface area contributed by atoms with Crippen molar-refractivity contribution in [2.75, 3.05) is 0 Å². The van der Waals surface area contributed by atoms with E-state index in [0.717, 1.165) is 0 Å². The SMILES string of the molecule is CC(NC(=O)C(CC(=O)O)NC(=O)OC(C)(C)C)c1ncc(-c2ccccc2F)[nH]1. The minimum absolute atomic E-state index is 0.324. The number of hydrogen-bond acceptors (Lipinski definition) is 5. The van der Waals surface area contributed by atoms with Gasteiger partial charge in [0.15, 0.2) is 0 Å². The van der Waals surface area contributed by atoms with Gasteiger partial charge in [0.05, 0.1) is 24.4 Å². The number of carbonyl (C=O) groups excluding carboxylic acids is 2. The second kappa shape index (κ2) is 9.38. The number of H-pyrrole nitrogens is 1. The summed E-state index contributed by atoms with van der Waals surface area (Å²) >= 11 is 0. The molecule has 0 aliphatic carbocycles. The lowest BCUT2D eigenvalue weighted by atomic mass is 10.1. The van der Waals surface area contributed by atoms with Gasteiger partial charge in [-0.3, -0.25) is 9.59 Å². The smallest absolute Gasteiger partial charge is 0.408 e. The predicted molar refractivity (Wildman–Crippen MR) is 106 cm³/mol. The summed E-state index contributed by atoms with van der Waals surface area (Å²) in [4.78, 5) is 42.7. The third-order valence-corrected chi connectivity index (χ3v) is 3.91. The molecule has 0 fully saturated rings. The normalized spacial score (nSPS) is 13.2. The summed E-state index contributed by atoms with van der Waals surface area (Å²) in [6, 6.07) is 4.15. The topological polar surface area (TPSA) is 133 Å². The maximum absolute atomic E-state index is 13.9. The maximum Gasteiger partial charge on any atom is 0.408 e. The number of nitrogens with zero attached hydrogens (tertiary/aromatic N) is 1. The summed E-state index contributed by atoms with van der Waals surface area (Å²) in [6.07, 6.45) is -0.100. The lowest BCUT2D eigenvalue weighted by molar-refractivity contribution is -0.140. The van der Waals surface area contributed by atoms with Crippen molar-refractivity contribution in [1.82, 2.24) is 20.6 Å². The molecule has 9 nitrogen and oxygen atoms in total. The third-order valence-electron chi connectivity index (χ3n) is 3.91. The number of alkyl carbamates (subject to hydrolysis) is 1. The Labute approximate surface area is 173 Å². The number of ether oxygens (including phenoxy) is 1. The fourth-order valence-electron chi connectivity index (χ4n) is 2.59. The van der Waals surface area contributed by atoms with E-state index >= 15 is 0 Å². The van der Waals surface area contributed by atoms with Crippen molar-refractivity contribution in [3.05, 3.63) is 42.1 Å². The Morgan fingerprint density at radius 2 is 1.90 bits per heavy atom. The number of benzene rings is 1. The molecule has 10 heteroatoms. The number of carboxylic acids is 1. The standard InChI is InChI=1S/C20H25FN4O5/c1-11(17-22-10-15(24-17)12-7-5-6-8-13(12)21)23-18(28)14(9-16(26)27)25-19(29)30-20(2,3)4/h5-8,10-11,14H,9H2,1-4H3,(H,22,24)(H,23,28)(H,25,29)(H,26,27). The minimum Gasteiger partial charge on any atom is -0.481 e. The highest BCUT2D eigenvalue weighted by Gasteiger charge is 2.28. The molecule has 2 atom stereocenters. The van der Waals surface area contributed by atoms with Crippen LogP contribution in [0.1, 0.15) is 46.0 Å². The average molecular weight is 420 g/mol. The van der Waals surface area contributed by atoms with E-state index in [1.54, 1.807) is 45.9 Å². The Hall–Kier alpha value is -3.43. The molecule has 0 bridgehead atoms. The fraction of sp³-hybridized carbons (Fsp3) is 0.400. The van der Waals surface area contributed by atoms with Crippen LogP contribution in [0.25, 0.3) is 11.3 Å². The first-order valence-corrected chi connectivity index (χ1v) is 9.27. The summed E-state index contributed by atoms with van der Waals surface area (Å²) in [7, 11) is 0. The summed E-state index contributed by atoms with van der Waals surface area (Å²) < 4.78 is 19.0. The van der Waals surface area contributed by atoms with E-state index in [1.165, 1.54) is 12.3 Å². The highest BCUT2D eigenvalue weighted by molar-refractivity contribution is 5.89.